The molecule has 0 atom stereocenters. The van der Waals surface area contributed by atoms with Crippen molar-refractivity contribution in [3.05, 3.63) is 11.8 Å². The van der Waals surface area contributed by atoms with Gasteiger partial charge in [-0.3, -0.25) is 0 Å². The molecular formula is C14H25NO4. The first-order valence-corrected chi connectivity index (χ1v) is 6.95. The van der Waals surface area contributed by atoms with Crippen molar-refractivity contribution in [1.29, 1.82) is 0 Å². The van der Waals surface area contributed by atoms with Crippen LogP contribution in [-0.4, -0.2) is 40.1 Å². The van der Waals surface area contributed by atoms with Gasteiger partial charge in [-0.15, -0.1) is 0 Å². The highest BCUT2D eigenvalue weighted by Gasteiger charge is 2.17. The molecule has 0 aromatic rings. The van der Waals surface area contributed by atoms with E-state index in [1.807, 2.05) is 4.90 Å². The molecule has 0 aliphatic carbocycles. The van der Waals surface area contributed by atoms with Crippen molar-refractivity contribution in [2.75, 3.05) is 13.1 Å². The van der Waals surface area contributed by atoms with Crippen LogP contribution in [0.25, 0.3) is 0 Å². The van der Waals surface area contributed by atoms with E-state index in [0.717, 1.165) is 38.5 Å². The molecule has 0 rings (SSSR count). The van der Waals surface area contributed by atoms with Gasteiger partial charge in [0.05, 0.1) is 0 Å². The summed E-state index contributed by atoms with van der Waals surface area (Å²) in [5.74, 6) is -2.77. The Morgan fingerprint density at radius 1 is 0.895 bits per heavy atom. The van der Waals surface area contributed by atoms with E-state index in [0.29, 0.717) is 13.1 Å². The molecule has 0 aromatic heterocycles. The minimum atomic E-state index is -1.39. The number of carbonyl (C=O) groups is 2. The van der Waals surface area contributed by atoms with E-state index < -0.39 is 17.5 Å². The number of hydrogen-bond donors (Lipinski definition) is 2. The first-order valence-electron chi connectivity index (χ1n) is 6.95. The standard InChI is InChI=1S/C14H25NO4/c1-3-5-7-9-15(10-8-6-4-2)11-12(13(16)17)14(18)19/h11H,3-10H2,1-2H3,(H,16,17)(H,18,19). The molecule has 0 bridgehead atoms. The molecule has 0 saturated carbocycles. The zero-order valence-electron chi connectivity index (χ0n) is 11.9. The summed E-state index contributed by atoms with van der Waals surface area (Å²) < 4.78 is 0. The van der Waals surface area contributed by atoms with E-state index in [1.54, 1.807) is 0 Å². The van der Waals surface area contributed by atoms with Gasteiger partial charge in [-0.05, 0) is 12.8 Å². The molecule has 0 unspecified atom stereocenters. The van der Waals surface area contributed by atoms with E-state index in [-0.39, 0.29) is 0 Å². The Morgan fingerprint density at radius 3 is 1.63 bits per heavy atom. The van der Waals surface area contributed by atoms with E-state index in [9.17, 15) is 9.59 Å². The summed E-state index contributed by atoms with van der Waals surface area (Å²) in [4.78, 5) is 23.5. The lowest BCUT2D eigenvalue weighted by atomic mass is 10.2. The number of carboxylic acid groups (broad SMARTS) is 2. The third-order valence-corrected chi connectivity index (χ3v) is 2.87. The zero-order chi connectivity index (χ0) is 14.7. The van der Waals surface area contributed by atoms with Gasteiger partial charge < -0.3 is 15.1 Å². The van der Waals surface area contributed by atoms with Crippen molar-refractivity contribution in [2.24, 2.45) is 0 Å². The number of nitrogens with zero attached hydrogens (tertiary/aromatic N) is 1. The molecule has 0 radical (unpaired) electrons. The quantitative estimate of drug-likeness (QED) is 0.261. The first-order chi connectivity index (χ1) is 9.02. The maximum absolute atomic E-state index is 10.9. The van der Waals surface area contributed by atoms with Crippen LogP contribution in [0.15, 0.2) is 11.8 Å². The predicted octanol–water partition coefficient (Wildman–Crippen LogP) is 2.72. The van der Waals surface area contributed by atoms with Crippen LogP contribution >= 0.6 is 0 Å². The molecule has 0 saturated heterocycles. The third-order valence-electron chi connectivity index (χ3n) is 2.87. The fourth-order valence-electron chi connectivity index (χ4n) is 1.76. The molecule has 5 nitrogen and oxygen atoms in total. The van der Waals surface area contributed by atoms with Crippen molar-refractivity contribution in [2.45, 2.75) is 52.4 Å². The maximum atomic E-state index is 10.9. The van der Waals surface area contributed by atoms with Crippen molar-refractivity contribution in [3.63, 3.8) is 0 Å². The van der Waals surface area contributed by atoms with Crippen LogP contribution in [0, 0.1) is 0 Å². The summed E-state index contributed by atoms with van der Waals surface area (Å²) in [5.41, 5.74) is -0.562. The van der Waals surface area contributed by atoms with Gasteiger partial charge in [-0.2, -0.15) is 0 Å². The topological polar surface area (TPSA) is 77.8 Å². The lowest BCUT2D eigenvalue weighted by molar-refractivity contribution is -0.140. The van der Waals surface area contributed by atoms with Crippen LogP contribution in [0.2, 0.25) is 0 Å². The van der Waals surface area contributed by atoms with E-state index >= 15 is 0 Å². The highest BCUT2D eigenvalue weighted by molar-refractivity contribution is 6.12. The van der Waals surface area contributed by atoms with Gasteiger partial charge in [0.2, 0.25) is 0 Å². The van der Waals surface area contributed by atoms with E-state index in [2.05, 4.69) is 13.8 Å². The molecule has 2 N–H and O–H groups in total. The largest absolute Gasteiger partial charge is 0.477 e. The summed E-state index contributed by atoms with van der Waals surface area (Å²) in [7, 11) is 0. The molecule has 0 fully saturated rings. The Bertz CT molecular complexity index is 287. The lowest BCUT2D eigenvalue weighted by Gasteiger charge is -2.20. The van der Waals surface area contributed by atoms with Crippen LogP contribution in [0.3, 0.4) is 0 Å². The number of rotatable bonds is 11. The molecule has 0 aliphatic heterocycles. The first kappa shape index (κ1) is 17.5. The summed E-state index contributed by atoms with van der Waals surface area (Å²) in [5, 5.41) is 17.7. The maximum Gasteiger partial charge on any atom is 0.344 e. The highest BCUT2D eigenvalue weighted by atomic mass is 16.4. The van der Waals surface area contributed by atoms with Crippen LogP contribution in [0.4, 0.5) is 0 Å². The summed E-state index contributed by atoms with van der Waals surface area (Å²) >= 11 is 0. The molecular weight excluding hydrogens is 246 g/mol. The molecule has 5 heteroatoms. The summed E-state index contributed by atoms with van der Waals surface area (Å²) in [6.45, 7) is 5.61. The Morgan fingerprint density at radius 2 is 1.32 bits per heavy atom. The second kappa shape index (κ2) is 10.4. The number of unbranched alkanes of at least 4 members (excludes halogenated alkanes) is 4. The minimum Gasteiger partial charge on any atom is -0.477 e. The van der Waals surface area contributed by atoms with Gasteiger partial charge >= 0.3 is 11.9 Å². The molecule has 19 heavy (non-hydrogen) atoms. The fraction of sp³-hybridized carbons (Fsp3) is 0.714. The van der Waals surface area contributed by atoms with Gasteiger partial charge in [0.15, 0.2) is 5.57 Å². The van der Waals surface area contributed by atoms with Crippen LogP contribution < -0.4 is 0 Å². The van der Waals surface area contributed by atoms with Gasteiger partial charge in [-0.25, -0.2) is 9.59 Å². The lowest BCUT2D eigenvalue weighted by Crippen LogP contribution is -2.24. The van der Waals surface area contributed by atoms with Gasteiger partial charge in [0.25, 0.3) is 0 Å². The Balaban J connectivity index is 4.63. The van der Waals surface area contributed by atoms with Crippen molar-refractivity contribution < 1.29 is 19.8 Å². The number of carboxylic acids is 2. The Kier molecular flexibility index (Phi) is 9.57. The summed E-state index contributed by atoms with van der Waals surface area (Å²) in [6.07, 6.45) is 7.46. The molecule has 0 aliphatic rings. The minimum absolute atomic E-state index is 0.562. The second-order valence-electron chi connectivity index (χ2n) is 4.60. The third kappa shape index (κ3) is 8.24. The van der Waals surface area contributed by atoms with Crippen molar-refractivity contribution >= 4 is 11.9 Å². The SMILES string of the molecule is CCCCCN(C=C(C(=O)O)C(=O)O)CCCCC. The fourth-order valence-corrected chi connectivity index (χ4v) is 1.76. The van der Waals surface area contributed by atoms with E-state index in [4.69, 9.17) is 10.2 Å². The van der Waals surface area contributed by atoms with Crippen LogP contribution in [0.1, 0.15) is 52.4 Å². The van der Waals surface area contributed by atoms with E-state index in [1.165, 1.54) is 6.20 Å². The average Bonchev–Trinajstić information content (AvgIpc) is 2.34. The molecule has 0 spiro atoms. The Hall–Kier alpha value is -1.52. The van der Waals surface area contributed by atoms with Crippen LogP contribution in [0.5, 0.6) is 0 Å². The smallest absolute Gasteiger partial charge is 0.344 e. The second-order valence-corrected chi connectivity index (χ2v) is 4.60. The van der Waals surface area contributed by atoms with Gasteiger partial charge in [0.1, 0.15) is 0 Å². The summed E-state index contributed by atoms with van der Waals surface area (Å²) in [6, 6.07) is 0. The number of hydrogen-bond acceptors (Lipinski definition) is 3. The zero-order valence-corrected chi connectivity index (χ0v) is 11.9. The molecule has 110 valence electrons. The highest BCUT2D eigenvalue weighted by Crippen LogP contribution is 2.06. The van der Waals surface area contributed by atoms with Gasteiger partial charge in [0, 0.05) is 19.3 Å². The molecule has 0 amide bonds. The predicted molar refractivity (Wildman–Crippen MR) is 74.0 cm³/mol. The normalized spacial score (nSPS) is 10.0. The monoisotopic (exact) mass is 271 g/mol. The molecule has 0 heterocycles. The molecule has 0 aromatic carbocycles. The van der Waals surface area contributed by atoms with Crippen molar-refractivity contribution in [1.82, 2.24) is 4.90 Å². The number of aliphatic carboxylic acids is 2. The average molecular weight is 271 g/mol. The van der Waals surface area contributed by atoms with Crippen LogP contribution in [-0.2, 0) is 9.59 Å². The Labute approximate surface area is 114 Å². The van der Waals surface area contributed by atoms with Crippen molar-refractivity contribution in [3.8, 4) is 0 Å². The van der Waals surface area contributed by atoms with Gasteiger partial charge in [-0.1, -0.05) is 39.5 Å².